The van der Waals surface area contributed by atoms with Crippen molar-refractivity contribution < 1.29 is 0 Å². The van der Waals surface area contributed by atoms with E-state index in [1.54, 1.807) is 0 Å². The summed E-state index contributed by atoms with van der Waals surface area (Å²) >= 11 is 2.08. The normalized spacial score (nSPS) is 28.3. The van der Waals surface area contributed by atoms with E-state index in [1.165, 1.54) is 31.6 Å². The maximum absolute atomic E-state index is 3.48. The van der Waals surface area contributed by atoms with E-state index < -0.39 is 0 Å². The summed E-state index contributed by atoms with van der Waals surface area (Å²) in [5.41, 5.74) is 0. The first-order chi connectivity index (χ1) is 4.43. The molecule has 1 aliphatic heterocycles. The first-order valence-electron chi connectivity index (χ1n) is 3.78. The van der Waals surface area contributed by atoms with Gasteiger partial charge in [-0.05, 0) is 25.1 Å². The van der Waals surface area contributed by atoms with Gasteiger partial charge >= 0.3 is 0 Å². The third kappa shape index (κ3) is 2.59. The highest BCUT2D eigenvalue weighted by atomic mass is 32.2. The fourth-order valence-electron chi connectivity index (χ4n) is 1.07. The van der Waals surface area contributed by atoms with E-state index in [1.807, 2.05) is 0 Å². The predicted molar refractivity (Wildman–Crippen MR) is 43.8 cm³/mol. The summed E-state index contributed by atoms with van der Waals surface area (Å²) in [6.07, 6.45) is 4.00. The molecule has 0 aromatic heterocycles. The maximum atomic E-state index is 3.48. The highest BCUT2D eigenvalue weighted by molar-refractivity contribution is 7.99. The second-order valence-corrected chi connectivity index (χ2v) is 3.77. The Morgan fingerprint density at radius 3 is 3.11 bits per heavy atom. The lowest BCUT2D eigenvalue weighted by Crippen LogP contribution is -2.31. The fraction of sp³-hybridized carbons (Fsp3) is 1.00. The van der Waals surface area contributed by atoms with Gasteiger partial charge in [-0.25, -0.2) is 0 Å². The molecule has 1 unspecified atom stereocenters. The van der Waals surface area contributed by atoms with E-state index >= 15 is 0 Å². The lowest BCUT2D eigenvalue weighted by atomic mass is 10.3. The fourth-order valence-corrected chi connectivity index (χ4v) is 2.30. The minimum Gasteiger partial charge on any atom is -0.305 e. The predicted octanol–water partition coefficient (Wildman–Crippen LogP) is 1.84. The Hall–Kier alpha value is 0.310. The van der Waals surface area contributed by atoms with Gasteiger partial charge in [0.1, 0.15) is 0 Å². The highest BCUT2D eigenvalue weighted by Crippen LogP contribution is 2.17. The topological polar surface area (TPSA) is 12.0 Å². The van der Waals surface area contributed by atoms with Crippen molar-refractivity contribution in [3.05, 3.63) is 0 Å². The largest absolute Gasteiger partial charge is 0.305 e. The van der Waals surface area contributed by atoms with Gasteiger partial charge in [-0.3, -0.25) is 0 Å². The molecule has 54 valence electrons. The van der Waals surface area contributed by atoms with Crippen molar-refractivity contribution in [3.63, 3.8) is 0 Å². The van der Waals surface area contributed by atoms with Crippen molar-refractivity contribution >= 4 is 11.8 Å². The van der Waals surface area contributed by atoms with Gasteiger partial charge in [0.2, 0.25) is 0 Å². The van der Waals surface area contributed by atoms with E-state index in [4.69, 9.17) is 0 Å². The van der Waals surface area contributed by atoms with Crippen LogP contribution in [0.25, 0.3) is 0 Å². The second-order valence-electron chi connectivity index (χ2n) is 2.46. The summed E-state index contributed by atoms with van der Waals surface area (Å²) < 4.78 is 0. The Labute approximate surface area is 61.6 Å². The third-order valence-electron chi connectivity index (χ3n) is 1.56. The van der Waals surface area contributed by atoms with Crippen LogP contribution in [-0.2, 0) is 0 Å². The lowest BCUT2D eigenvalue weighted by molar-refractivity contribution is 0.581. The molecule has 9 heavy (non-hydrogen) atoms. The first kappa shape index (κ1) is 7.42. The molecular formula is C7H15NS. The Kier molecular flexibility index (Phi) is 3.44. The number of nitrogens with one attached hydrogen (secondary N) is 1. The van der Waals surface area contributed by atoms with Gasteiger partial charge in [0, 0.05) is 0 Å². The van der Waals surface area contributed by atoms with Gasteiger partial charge in [-0.15, -0.1) is 11.8 Å². The number of hydrogen-bond acceptors (Lipinski definition) is 2. The van der Waals surface area contributed by atoms with Crippen LogP contribution in [0.2, 0.25) is 0 Å². The Balaban J connectivity index is 2.08. The minimum atomic E-state index is 0.767. The summed E-state index contributed by atoms with van der Waals surface area (Å²) in [5, 5.41) is 4.25. The smallest absolute Gasteiger partial charge is 0.0532 e. The Morgan fingerprint density at radius 2 is 2.56 bits per heavy atom. The van der Waals surface area contributed by atoms with E-state index in [9.17, 15) is 0 Å². The van der Waals surface area contributed by atoms with Crippen molar-refractivity contribution in [1.29, 1.82) is 0 Å². The zero-order valence-corrected chi connectivity index (χ0v) is 6.84. The van der Waals surface area contributed by atoms with Crippen molar-refractivity contribution in [2.75, 3.05) is 12.3 Å². The molecule has 0 aliphatic carbocycles. The van der Waals surface area contributed by atoms with E-state index in [0.717, 1.165) is 5.37 Å². The molecule has 0 amide bonds. The average molecular weight is 145 g/mol. The van der Waals surface area contributed by atoms with Gasteiger partial charge in [-0.2, -0.15) is 0 Å². The van der Waals surface area contributed by atoms with Gasteiger partial charge < -0.3 is 5.32 Å². The molecule has 0 aromatic carbocycles. The van der Waals surface area contributed by atoms with Gasteiger partial charge in [0.15, 0.2) is 0 Å². The van der Waals surface area contributed by atoms with Gasteiger partial charge in [0.05, 0.1) is 5.37 Å². The molecule has 1 nitrogen and oxygen atoms in total. The van der Waals surface area contributed by atoms with Crippen LogP contribution in [0, 0.1) is 0 Å². The zero-order chi connectivity index (χ0) is 6.53. The van der Waals surface area contributed by atoms with Crippen LogP contribution in [0.3, 0.4) is 0 Å². The Morgan fingerprint density at radius 1 is 1.67 bits per heavy atom. The number of rotatable bonds is 2. The quantitative estimate of drug-likeness (QED) is 0.636. The third-order valence-corrected chi connectivity index (χ3v) is 2.89. The molecule has 1 saturated heterocycles. The van der Waals surface area contributed by atoms with Crippen LogP contribution >= 0.6 is 11.8 Å². The molecule has 2 heteroatoms. The van der Waals surface area contributed by atoms with Crippen LogP contribution in [0.4, 0.5) is 0 Å². The lowest BCUT2D eigenvalue weighted by Gasteiger charge is -2.21. The maximum Gasteiger partial charge on any atom is 0.0532 e. The van der Waals surface area contributed by atoms with E-state index in [2.05, 4.69) is 24.0 Å². The Bertz CT molecular complexity index is 66.6. The van der Waals surface area contributed by atoms with Gasteiger partial charge in [-0.1, -0.05) is 13.3 Å². The van der Waals surface area contributed by atoms with Crippen molar-refractivity contribution in [3.8, 4) is 0 Å². The second kappa shape index (κ2) is 4.18. The van der Waals surface area contributed by atoms with Crippen molar-refractivity contribution in [2.24, 2.45) is 0 Å². The van der Waals surface area contributed by atoms with Crippen molar-refractivity contribution in [2.45, 2.75) is 31.6 Å². The van der Waals surface area contributed by atoms with Crippen LogP contribution in [-0.4, -0.2) is 17.7 Å². The van der Waals surface area contributed by atoms with Crippen LogP contribution in [0.15, 0.2) is 0 Å². The summed E-state index contributed by atoms with van der Waals surface area (Å²) in [4.78, 5) is 0. The molecule has 0 saturated carbocycles. The molecule has 0 bridgehead atoms. The zero-order valence-electron chi connectivity index (χ0n) is 6.02. The SMILES string of the molecule is CCCC1NCCCS1. The molecule has 0 spiro atoms. The molecule has 1 N–H and O–H groups in total. The summed E-state index contributed by atoms with van der Waals surface area (Å²) in [6.45, 7) is 3.48. The van der Waals surface area contributed by atoms with E-state index in [0.29, 0.717) is 0 Å². The van der Waals surface area contributed by atoms with Crippen molar-refractivity contribution in [1.82, 2.24) is 5.32 Å². The van der Waals surface area contributed by atoms with Crippen LogP contribution < -0.4 is 5.32 Å². The molecule has 1 aliphatic rings. The standard InChI is InChI=1S/C7H15NS/c1-2-4-7-8-5-3-6-9-7/h7-8H,2-6H2,1H3. The van der Waals surface area contributed by atoms with Gasteiger partial charge in [0.25, 0.3) is 0 Å². The average Bonchev–Trinajstić information content (AvgIpc) is 1.91. The number of hydrogen-bond donors (Lipinski definition) is 1. The summed E-state index contributed by atoms with van der Waals surface area (Å²) in [6, 6.07) is 0. The van der Waals surface area contributed by atoms with E-state index in [-0.39, 0.29) is 0 Å². The molecule has 1 fully saturated rings. The minimum absolute atomic E-state index is 0.767. The monoisotopic (exact) mass is 145 g/mol. The summed E-state index contributed by atoms with van der Waals surface area (Å²) in [7, 11) is 0. The molecular weight excluding hydrogens is 130 g/mol. The molecule has 0 aromatic rings. The van der Waals surface area contributed by atoms with Crippen LogP contribution in [0.5, 0.6) is 0 Å². The molecule has 0 radical (unpaired) electrons. The highest BCUT2D eigenvalue weighted by Gasteiger charge is 2.10. The first-order valence-corrected chi connectivity index (χ1v) is 4.83. The van der Waals surface area contributed by atoms with Crippen LogP contribution in [0.1, 0.15) is 26.2 Å². The molecule has 1 rings (SSSR count). The summed E-state index contributed by atoms with van der Waals surface area (Å²) in [5.74, 6) is 1.36. The molecule has 1 atom stereocenters. The number of thioether (sulfide) groups is 1. The molecule has 1 heterocycles.